The average molecular weight is 398 g/mol. The summed E-state index contributed by atoms with van der Waals surface area (Å²) in [7, 11) is 2.98. The number of benzene rings is 2. The number of ether oxygens (including phenoxy) is 3. The first-order valence-corrected chi connectivity index (χ1v) is 8.36. The van der Waals surface area contributed by atoms with E-state index in [0.717, 1.165) is 0 Å². The first-order valence-electron chi connectivity index (χ1n) is 8.36. The smallest absolute Gasteiger partial charge is 0.273 e. The number of methoxy groups -OCH3 is 2. The Hall–Kier alpha value is -4.15. The van der Waals surface area contributed by atoms with E-state index in [4.69, 9.17) is 19.9 Å². The molecule has 0 radical (unpaired) electrons. The SMILES string of the molecule is COc1ccccc1Nc1nc(N)nc(COc2cc([N+](=O)[O-])ccc2OC)n1. The molecule has 0 aliphatic rings. The van der Waals surface area contributed by atoms with E-state index in [1.807, 2.05) is 12.1 Å². The number of rotatable bonds is 8. The van der Waals surface area contributed by atoms with Crippen molar-refractivity contribution in [2.45, 2.75) is 6.61 Å². The Morgan fingerprint density at radius 2 is 1.79 bits per heavy atom. The summed E-state index contributed by atoms with van der Waals surface area (Å²) >= 11 is 0. The number of nitrogens with zero attached hydrogens (tertiary/aromatic N) is 4. The largest absolute Gasteiger partial charge is 0.495 e. The van der Waals surface area contributed by atoms with Crippen LogP contribution in [0, 0.1) is 10.1 Å². The lowest BCUT2D eigenvalue weighted by Gasteiger charge is -2.12. The Bertz CT molecular complexity index is 1030. The van der Waals surface area contributed by atoms with Gasteiger partial charge in [0.15, 0.2) is 17.3 Å². The molecule has 29 heavy (non-hydrogen) atoms. The van der Waals surface area contributed by atoms with Crippen molar-refractivity contribution in [1.29, 1.82) is 0 Å². The second kappa shape index (κ2) is 8.69. The van der Waals surface area contributed by atoms with E-state index < -0.39 is 4.92 Å². The number of nitro benzene ring substituents is 1. The molecule has 0 amide bonds. The average Bonchev–Trinajstić information content (AvgIpc) is 2.72. The number of aromatic nitrogens is 3. The molecule has 0 saturated carbocycles. The zero-order valence-corrected chi connectivity index (χ0v) is 15.7. The van der Waals surface area contributed by atoms with Crippen molar-refractivity contribution in [1.82, 2.24) is 15.0 Å². The van der Waals surface area contributed by atoms with E-state index in [-0.39, 0.29) is 35.8 Å². The molecule has 0 atom stereocenters. The summed E-state index contributed by atoms with van der Waals surface area (Å²) < 4.78 is 16.1. The number of nitrogens with two attached hydrogens (primary N) is 1. The van der Waals surface area contributed by atoms with Crippen LogP contribution < -0.4 is 25.3 Å². The van der Waals surface area contributed by atoms with E-state index in [2.05, 4.69) is 20.3 Å². The fourth-order valence-corrected chi connectivity index (χ4v) is 2.46. The van der Waals surface area contributed by atoms with Gasteiger partial charge in [-0.1, -0.05) is 12.1 Å². The summed E-state index contributed by atoms with van der Waals surface area (Å²) in [6.45, 7) is -0.106. The molecule has 0 unspecified atom stereocenters. The number of hydrogen-bond acceptors (Lipinski definition) is 10. The minimum absolute atomic E-state index is 0.0120. The molecule has 11 heteroatoms. The van der Waals surface area contributed by atoms with Crippen LogP contribution in [0.4, 0.5) is 23.3 Å². The first-order chi connectivity index (χ1) is 14.0. The van der Waals surface area contributed by atoms with Crippen molar-refractivity contribution < 1.29 is 19.1 Å². The van der Waals surface area contributed by atoms with Gasteiger partial charge in [0.1, 0.15) is 12.4 Å². The van der Waals surface area contributed by atoms with Crippen LogP contribution in [0.25, 0.3) is 0 Å². The monoisotopic (exact) mass is 398 g/mol. The van der Waals surface area contributed by atoms with Gasteiger partial charge in [0.2, 0.25) is 11.9 Å². The Morgan fingerprint density at radius 3 is 2.52 bits per heavy atom. The molecule has 11 nitrogen and oxygen atoms in total. The number of para-hydroxylation sites is 2. The summed E-state index contributed by atoms with van der Waals surface area (Å²) in [4.78, 5) is 22.8. The van der Waals surface area contributed by atoms with E-state index in [0.29, 0.717) is 17.2 Å². The van der Waals surface area contributed by atoms with Crippen LogP contribution in [0.1, 0.15) is 5.82 Å². The minimum Gasteiger partial charge on any atom is -0.495 e. The van der Waals surface area contributed by atoms with Crippen molar-refractivity contribution >= 4 is 23.3 Å². The highest BCUT2D eigenvalue weighted by Crippen LogP contribution is 2.31. The minimum atomic E-state index is -0.525. The maximum atomic E-state index is 11.0. The topological polar surface area (TPSA) is 148 Å². The summed E-state index contributed by atoms with van der Waals surface area (Å²) in [5.41, 5.74) is 6.29. The Labute approximate surface area is 165 Å². The van der Waals surface area contributed by atoms with E-state index in [1.54, 1.807) is 19.2 Å². The normalized spacial score (nSPS) is 10.3. The van der Waals surface area contributed by atoms with Gasteiger partial charge in [0.05, 0.1) is 30.9 Å². The van der Waals surface area contributed by atoms with Crippen molar-refractivity contribution in [3.8, 4) is 17.2 Å². The van der Waals surface area contributed by atoms with Crippen LogP contribution in [-0.4, -0.2) is 34.1 Å². The summed E-state index contributed by atoms with van der Waals surface area (Å²) in [5.74, 6) is 1.53. The standard InChI is InChI=1S/C18H18N6O5/c1-27-13-6-4-3-5-12(13)20-18-22-16(21-17(19)23-18)10-29-15-9-11(24(25)26)7-8-14(15)28-2/h3-9H,10H2,1-2H3,(H3,19,20,21,22,23). The number of hydrogen-bond donors (Lipinski definition) is 2. The highest BCUT2D eigenvalue weighted by molar-refractivity contribution is 5.62. The molecule has 1 aromatic heterocycles. The second-order valence-electron chi connectivity index (χ2n) is 5.64. The highest BCUT2D eigenvalue weighted by atomic mass is 16.6. The molecular weight excluding hydrogens is 380 g/mol. The predicted molar refractivity (Wildman–Crippen MR) is 104 cm³/mol. The Kier molecular flexibility index (Phi) is 5.88. The van der Waals surface area contributed by atoms with Gasteiger partial charge in [-0.3, -0.25) is 10.1 Å². The molecule has 2 aromatic carbocycles. The maximum Gasteiger partial charge on any atom is 0.273 e. The molecule has 0 fully saturated rings. The lowest BCUT2D eigenvalue weighted by molar-refractivity contribution is -0.385. The number of nitrogens with one attached hydrogen (secondary N) is 1. The van der Waals surface area contributed by atoms with Gasteiger partial charge in [-0.15, -0.1) is 0 Å². The lowest BCUT2D eigenvalue weighted by atomic mass is 10.3. The molecule has 0 bridgehead atoms. The summed E-state index contributed by atoms with van der Waals surface area (Å²) in [6, 6.07) is 11.3. The molecule has 0 aliphatic heterocycles. The Morgan fingerprint density at radius 1 is 1.03 bits per heavy atom. The third kappa shape index (κ3) is 4.77. The van der Waals surface area contributed by atoms with Crippen molar-refractivity contribution in [3.05, 3.63) is 58.4 Å². The number of non-ortho nitro benzene ring substituents is 1. The van der Waals surface area contributed by atoms with Gasteiger partial charge >= 0.3 is 0 Å². The number of nitrogen functional groups attached to an aromatic ring is 1. The number of nitro groups is 1. The van der Waals surface area contributed by atoms with Crippen molar-refractivity contribution in [3.63, 3.8) is 0 Å². The van der Waals surface area contributed by atoms with Crippen LogP contribution >= 0.6 is 0 Å². The molecular formula is C18H18N6O5. The zero-order chi connectivity index (χ0) is 20.8. The lowest BCUT2D eigenvalue weighted by Crippen LogP contribution is -2.10. The molecule has 0 saturated heterocycles. The molecule has 3 rings (SSSR count). The molecule has 3 N–H and O–H groups in total. The van der Waals surface area contributed by atoms with Crippen molar-refractivity contribution in [2.75, 3.05) is 25.3 Å². The number of anilines is 3. The highest BCUT2D eigenvalue weighted by Gasteiger charge is 2.14. The fraction of sp³-hybridized carbons (Fsp3) is 0.167. The predicted octanol–water partition coefficient (Wildman–Crippen LogP) is 2.70. The van der Waals surface area contributed by atoms with Gasteiger partial charge in [-0.2, -0.15) is 15.0 Å². The van der Waals surface area contributed by atoms with E-state index in [9.17, 15) is 10.1 Å². The third-order valence-electron chi connectivity index (χ3n) is 3.77. The Balaban J connectivity index is 1.80. The van der Waals surface area contributed by atoms with Gasteiger partial charge in [0.25, 0.3) is 5.69 Å². The van der Waals surface area contributed by atoms with Gasteiger partial charge < -0.3 is 25.3 Å². The zero-order valence-electron chi connectivity index (χ0n) is 15.7. The summed E-state index contributed by atoms with van der Waals surface area (Å²) in [5, 5.41) is 14.0. The van der Waals surface area contributed by atoms with Crippen molar-refractivity contribution in [2.24, 2.45) is 0 Å². The molecule has 0 spiro atoms. The van der Waals surface area contributed by atoms with Gasteiger partial charge in [0, 0.05) is 6.07 Å². The quantitative estimate of drug-likeness (QED) is 0.428. The molecule has 3 aromatic rings. The van der Waals surface area contributed by atoms with E-state index in [1.165, 1.54) is 25.3 Å². The van der Waals surface area contributed by atoms with Crippen LogP contribution in [-0.2, 0) is 6.61 Å². The summed E-state index contributed by atoms with van der Waals surface area (Å²) in [6.07, 6.45) is 0. The second-order valence-corrected chi connectivity index (χ2v) is 5.64. The first kappa shape index (κ1) is 19.6. The van der Waals surface area contributed by atoms with Gasteiger partial charge in [-0.05, 0) is 18.2 Å². The van der Waals surface area contributed by atoms with Crippen LogP contribution in [0.5, 0.6) is 17.2 Å². The fourth-order valence-electron chi connectivity index (χ4n) is 2.46. The van der Waals surface area contributed by atoms with Crippen LogP contribution in [0.15, 0.2) is 42.5 Å². The van der Waals surface area contributed by atoms with Crippen LogP contribution in [0.3, 0.4) is 0 Å². The van der Waals surface area contributed by atoms with E-state index >= 15 is 0 Å². The molecule has 0 aliphatic carbocycles. The molecule has 150 valence electrons. The van der Waals surface area contributed by atoms with Crippen LogP contribution in [0.2, 0.25) is 0 Å². The maximum absolute atomic E-state index is 11.0. The molecule has 1 heterocycles. The van der Waals surface area contributed by atoms with Gasteiger partial charge in [-0.25, -0.2) is 0 Å². The third-order valence-corrected chi connectivity index (χ3v) is 3.77.